The molecule has 3 heterocycles. The molecule has 1 fully saturated rings. The molecule has 1 saturated heterocycles. The fourth-order valence-electron chi connectivity index (χ4n) is 3.31. The zero-order chi connectivity index (χ0) is 23.0. The quantitative estimate of drug-likeness (QED) is 0.434. The van der Waals surface area contributed by atoms with Gasteiger partial charge in [0.1, 0.15) is 10.8 Å². The first-order chi connectivity index (χ1) is 16.1. The van der Waals surface area contributed by atoms with Crippen LogP contribution < -0.4 is 30.7 Å². The number of ether oxygens (including phenoxy) is 2. The average molecular weight is 469 g/mol. The molecule has 0 radical (unpaired) electrons. The van der Waals surface area contributed by atoms with Gasteiger partial charge in [0, 0.05) is 29.4 Å². The summed E-state index contributed by atoms with van der Waals surface area (Å²) >= 11 is 1.29. The molecule has 1 aliphatic rings. The number of benzene rings is 1. The van der Waals surface area contributed by atoms with Gasteiger partial charge in [-0.3, -0.25) is 15.6 Å². The lowest BCUT2D eigenvalue weighted by Gasteiger charge is -2.23. The first-order valence-corrected chi connectivity index (χ1v) is 11.2. The number of thiophene rings is 1. The van der Waals surface area contributed by atoms with Gasteiger partial charge in [-0.15, -0.1) is 11.3 Å². The lowest BCUT2D eigenvalue weighted by molar-refractivity contribution is 0.193. The fourth-order valence-corrected chi connectivity index (χ4v) is 4.30. The second-order valence-corrected chi connectivity index (χ2v) is 8.31. The van der Waals surface area contributed by atoms with E-state index in [9.17, 15) is 9.59 Å². The monoisotopic (exact) mass is 468 g/mol. The summed E-state index contributed by atoms with van der Waals surface area (Å²) in [6, 6.07) is 8.73. The number of anilines is 2. The number of rotatable bonds is 6. The Balaban J connectivity index is 1.52. The van der Waals surface area contributed by atoms with Gasteiger partial charge in [0.05, 0.1) is 13.3 Å². The Labute approximate surface area is 194 Å². The van der Waals surface area contributed by atoms with E-state index < -0.39 is 12.1 Å². The predicted molar refractivity (Wildman–Crippen MR) is 126 cm³/mol. The van der Waals surface area contributed by atoms with Crippen LogP contribution in [-0.2, 0) is 0 Å². The van der Waals surface area contributed by atoms with Crippen molar-refractivity contribution in [1.29, 1.82) is 0 Å². The summed E-state index contributed by atoms with van der Waals surface area (Å²) < 4.78 is 10.8. The van der Waals surface area contributed by atoms with Crippen LogP contribution >= 0.6 is 11.3 Å². The second-order valence-electron chi connectivity index (χ2n) is 7.26. The molecule has 0 aliphatic carbocycles. The van der Waals surface area contributed by atoms with Gasteiger partial charge in [-0.25, -0.2) is 14.6 Å². The van der Waals surface area contributed by atoms with Gasteiger partial charge in [-0.05, 0) is 55.8 Å². The molecule has 3 amide bonds. The minimum Gasteiger partial charge on any atom is -0.497 e. The van der Waals surface area contributed by atoms with Gasteiger partial charge < -0.3 is 20.1 Å². The van der Waals surface area contributed by atoms with Crippen LogP contribution in [0.15, 0.2) is 48.9 Å². The minimum atomic E-state index is -0.557. The van der Waals surface area contributed by atoms with Crippen molar-refractivity contribution in [2.45, 2.75) is 18.9 Å². The van der Waals surface area contributed by atoms with E-state index in [4.69, 9.17) is 9.47 Å². The van der Waals surface area contributed by atoms with Crippen LogP contribution in [0.25, 0.3) is 10.4 Å². The van der Waals surface area contributed by atoms with E-state index in [1.165, 1.54) is 29.9 Å². The molecule has 0 spiro atoms. The molecule has 2 aromatic heterocycles. The molecule has 0 saturated carbocycles. The second kappa shape index (κ2) is 10.7. The number of nitrogens with zero attached hydrogens (tertiary/aromatic N) is 2. The van der Waals surface area contributed by atoms with Gasteiger partial charge >= 0.3 is 12.1 Å². The predicted octanol–water partition coefficient (Wildman–Crippen LogP) is 3.70. The highest BCUT2D eigenvalue weighted by Gasteiger charge is 2.20. The number of nitrogens with one attached hydrogen (secondary N) is 4. The van der Waals surface area contributed by atoms with Crippen LogP contribution in [0.3, 0.4) is 0 Å². The van der Waals surface area contributed by atoms with Crippen LogP contribution in [0, 0.1) is 0 Å². The third-order valence-electron chi connectivity index (χ3n) is 4.97. The maximum absolute atomic E-state index is 12.5. The van der Waals surface area contributed by atoms with Gasteiger partial charge in [0.25, 0.3) is 0 Å². The molecule has 11 heteroatoms. The van der Waals surface area contributed by atoms with Gasteiger partial charge in [-0.1, -0.05) is 0 Å². The summed E-state index contributed by atoms with van der Waals surface area (Å²) in [7, 11) is 1.60. The molecule has 4 rings (SSSR count). The van der Waals surface area contributed by atoms with Crippen LogP contribution in [0.2, 0.25) is 0 Å². The van der Waals surface area contributed by atoms with Crippen LogP contribution in [-0.4, -0.2) is 48.3 Å². The first-order valence-electron chi connectivity index (χ1n) is 10.4. The zero-order valence-electron chi connectivity index (χ0n) is 18.0. The number of hydrogen-bond donors (Lipinski definition) is 4. The van der Waals surface area contributed by atoms with Gasteiger partial charge in [0.2, 0.25) is 0 Å². The number of carbonyl (C=O) groups excluding carboxylic acids is 2. The summed E-state index contributed by atoms with van der Waals surface area (Å²) in [6.07, 6.45) is 5.53. The van der Waals surface area contributed by atoms with E-state index in [1.54, 1.807) is 13.2 Å². The van der Waals surface area contributed by atoms with Crippen molar-refractivity contribution in [3.05, 3.63) is 48.9 Å². The molecule has 0 bridgehead atoms. The van der Waals surface area contributed by atoms with Crippen molar-refractivity contribution in [3.63, 3.8) is 0 Å². The number of piperidine rings is 1. The highest BCUT2D eigenvalue weighted by Crippen LogP contribution is 2.41. The SMILES string of the molecule is COc1ccc(-c2cc(OC(=O)NC3CCNCC3)c(NC(=O)Nc3cnccn3)s2)cc1. The van der Waals surface area contributed by atoms with Crippen LogP contribution in [0.5, 0.6) is 11.5 Å². The summed E-state index contributed by atoms with van der Waals surface area (Å²) in [4.78, 5) is 33.8. The standard InChI is InChI=1S/C22H24N6O4S/c1-31-16-4-2-14(3-5-16)18-12-17(32-22(30)26-15-6-8-23-9-7-15)20(33-18)28-21(29)27-19-13-24-10-11-25-19/h2-5,10-13,15,23H,6-9H2,1H3,(H,26,30)(H2,25,27,28,29). The maximum Gasteiger partial charge on any atom is 0.412 e. The number of urea groups is 1. The molecule has 1 aliphatic heterocycles. The van der Waals surface area contributed by atoms with Crippen molar-refractivity contribution >= 4 is 34.3 Å². The maximum atomic E-state index is 12.5. The topological polar surface area (TPSA) is 126 Å². The molecule has 172 valence electrons. The Morgan fingerprint density at radius 2 is 1.91 bits per heavy atom. The number of hydrogen-bond acceptors (Lipinski definition) is 8. The van der Waals surface area contributed by atoms with E-state index >= 15 is 0 Å². The number of aromatic nitrogens is 2. The molecule has 33 heavy (non-hydrogen) atoms. The van der Waals surface area contributed by atoms with Crippen molar-refractivity contribution in [2.24, 2.45) is 0 Å². The highest BCUT2D eigenvalue weighted by atomic mass is 32.1. The molecule has 10 nitrogen and oxygen atoms in total. The van der Waals surface area contributed by atoms with E-state index in [0.29, 0.717) is 10.8 Å². The summed E-state index contributed by atoms with van der Waals surface area (Å²) in [5.74, 6) is 1.29. The van der Waals surface area contributed by atoms with Crippen molar-refractivity contribution < 1.29 is 19.1 Å². The Bertz CT molecular complexity index is 1080. The average Bonchev–Trinajstić information content (AvgIpc) is 3.22. The molecule has 0 unspecified atom stereocenters. The summed E-state index contributed by atoms with van der Waals surface area (Å²) in [5, 5.41) is 11.9. The molecule has 0 atom stereocenters. The Morgan fingerprint density at radius 3 is 2.61 bits per heavy atom. The smallest absolute Gasteiger partial charge is 0.412 e. The van der Waals surface area contributed by atoms with E-state index in [2.05, 4.69) is 31.2 Å². The molecular formula is C22H24N6O4S. The van der Waals surface area contributed by atoms with Gasteiger partial charge in [-0.2, -0.15) is 0 Å². The van der Waals surface area contributed by atoms with E-state index in [0.717, 1.165) is 42.1 Å². The van der Waals surface area contributed by atoms with Crippen molar-refractivity contribution in [3.8, 4) is 21.9 Å². The van der Waals surface area contributed by atoms with E-state index in [-0.39, 0.29) is 11.8 Å². The Kier molecular flexibility index (Phi) is 7.33. The lowest BCUT2D eigenvalue weighted by atomic mass is 10.1. The normalized spacial score (nSPS) is 13.7. The number of amides is 3. The van der Waals surface area contributed by atoms with Crippen molar-refractivity contribution in [2.75, 3.05) is 30.8 Å². The molecule has 3 aromatic rings. The Morgan fingerprint density at radius 1 is 1.12 bits per heavy atom. The zero-order valence-corrected chi connectivity index (χ0v) is 18.8. The minimum absolute atomic E-state index is 0.0507. The van der Waals surface area contributed by atoms with Crippen LogP contribution in [0.1, 0.15) is 12.8 Å². The first kappa shape index (κ1) is 22.5. The molecule has 4 N–H and O–H groups in total. The molecular weight excluding hydrogens is 444 g/mol. The largest absolute Gasteiger partial charge is 0.497 e. The van der Waals surface area contributed by atoms with Crippen LogP contribution in [0.4, 0.5) is 20.4 Å². The summed E-state index contributed by atoms with van der Waals surface area (Å²) in [5.41, 5.74) is 0.895. The third-order valence-corrected chi connectivity index (χ3v) is 6.05. The van der Waals surface area contributed by atoms with Gasteiger partial charge in [0.15, 0.2) is 11.6 Å². The lowest BCUT2D eigenvalue weighted by Crippen LogP contribution is -2.43. The number of methoxy groups -OCH3 is 1. The fraction of sp³-hybridized carbons (Fsp3) is 0.273. The number of carbonyl (C=O) groups is 2. The van der Waals surface area contributed by atoms with E-state index in [1.807, 2.05) is 24.3 Å². The highest BCUT2D eigenvalue weighted by molar-refractivity contribution is 7.20. The Hall–Kier alpha value is -3.70. The third kappa shape index (κ3) is 6.18. The summed E-state index contributed by atoms with van der Waals surface area (Å²) in [6.45, 7) is 1.70. The molecule has 1 aromatic carbocycles. The van der Waals surface area contributed by atoms with Crippen molar-refractivity contribution in [1.82, 2.24) is 20.6 Å².